The molecule has 1 aromatic heterocycles. The molecule has 4 heteroatoms. The summed E-state index contributed by atoms with van der Waals surface area (Å²) in [5.74, 6) is -0.00254. The lowest BCUT2D eigenvalue weighted by molar-refractivity contribution is -0.119. The highest BCUT2D eigenvalue weighted by Crippen LogP contribution is 2.16. The maximum absolute atomic E-state index is 12.1. The maximum Gasteiger partial charge on any atom is 0.266 e. The number of carbonyl (C=O) groups excluding carboxylic acids is 1. The molecule has 0 saturated heterocycles. The smallest absolute Gasteiger partial charge is 0.266 e. The number of H-pyrrole nitrogens is 1. The zero-order chi connectivity index (χ0) is 17.3. The Morgan fingerprint density at radius 2 is 1.79 bits per heavy atom. The summed E-state index contributed by atoms with van der Waals surface area (Å²) in [4.78, 5) is 27.0. The van der Waals surface area contributed by atoms with Crippen molar-refractivity contribution in [2.75, 3.05) is 0 Å². The summed E-state index contributed by atoms with van der Waals surface area (Å²) in [6.45, 7) is 5.58. The number of rotatable bonds is 2. The lowest BCUT2D eigenvalue weighted by atomic mass is 9.91. The summed E-state index contributed by atoms with van der Waals surface area (Å²) in [6, 6.07) is 14.2. The molecule has 2 aromatic carbocycles. The lowest BCUT2D eigenvalue weighted by Gasteiger charge is -2.12. The third-order valence-corrected chi connectivity index (χ3v) is 4.72. The quantitative estimate of drug-likeness (QED) is 0.782. The number of ketones is 1. The van der Waals surface area contributed by atoms with Crippen LogP contribution in [0.15, 0.2) is 47.3 Å². The minimum atomic E-state index is -0.455. The van der Waals surface area contributed by atoms with E-state index in [9.17, 15) is 9.59 Å². The van der Waals surface area contributed by atoms with Gasteiger partial charge in [-0.05, 0) is 28.5 Å². The van der Waals surface area contributed by atoms with E-state index < -0.39 is 5.41 Å². The summed E-state index contributed by atoms with van der Waals surface area (Å²) in [5.41, 5.74) is 0.346. The van der Waals surface area contributed by atoms with Crippen molar-refractivity contribution < 1.29 is 4.79 Å². The Morgan fingerprint density at radius 3 is 2.50 bits per heavy atom. The van der Waals surface area contributed by atoms with Gasteiger partial charge in [-0.2, -0.15) is 0 Å². The molecule has 0 aliphatic heterocycles. The fourth-order valence-electron chi connectivity index (χ4n) is 2.31. The average Bonchev–Trinajstić information content (AvgIpc) is 2.86. The number of hydrogen-bond acceptors (Lipinski definition) is 3. The number of fused-ring (bicyclic) bond motifs is 1. The van der Waals surface area contributed by atoms with Crippen LogP contribution in [-0.4, -0.2) is 10.8 Å². The standard InChI is InChI=1S/C20H19NO2S/c1-20(2,3)17(22)12-18-21-19(23)16(24-18)11-13-8-9-14-6-4-5-7-15(14)10-13/h4-12H,1-3H3,(H,21,23)/b16-11+,18-12+. The van der Waals surface area contributed by atoms with Crippen molar-refractivity contribution in [3.63, 3.8) is 0 Å². The third-order valence-electron chi connectivity index (χ3n) is 3.75. The van der Waals surface area contributed by atoms with E-state index in [1.165, 1.54) is 22.8 Å². The van der Waals surface area contributed by atoms with Crippen LogP contribution in [0.4, 0.5) is 0 Å². The Hall–Kier alpha value is -2.46. The molecule has 0 saturated carbocycles. The SMILES string of the molecule is CC(C)(C)C(=O)/C=c1\[nH]c(=O)/c(=C\c2ccc3ccccc3c2)s1. The highest BCUT2D eigenvalue weighted by atomic mass is 32.1. The van der Waals surface area contributed by atoms with Crippen LogP contribution >= 0.6 is 11.3 Å². The number of Topliss-reactive ketones (excluding diaryl/α,β-unsaturated/α-hetero) is 1. The van der Waals surface area contributed by atoms with Crippen molar-refractivity contribution in [1.29, 1.82) is 0 Å². The van der Waals surface area contributed by atoms with Crippen LogP contribution in [-0.2, 0) is 4.79 Å². The molecule has 0 bridgehead atoms. The molecule has 0 atom stereocenters. The van der Waals surface area contributed by atoms with Gasteiger partial charge in [-0.25, -0.2) is 0 Å². The van der Waals surface area contributed by atoms with Gasteiger partial charge in [0.1, 0.15) is 0 Å². The number of nitrogens with one attached hydrogen (secondary N) is 1. The summed E-state index contributed by atoms with van der Waals surface area (Å²) in [7, 11) is 0. The van der Waals surface area contributed by atoms with Crippen molar-refractivity contribution >= 4 is 40.0 Å². The zero-order valence-corrected chi connectivity index (χ0v) is 14.7. The molecule has 0 aliphatic carbocycles. The van der Waals surface area contributed by atoms with E-state index in [0.29, 0.717) is 9.20 Å². The first kappa shape index (κ1) is 16.4. The first-order valence-electron chi connectivity index (χ1n) is 7.79. The van der Waals surface area contributed by atoms with Crippen LogP contribution < -0.4 is 14.8 Å². The molecule has 0 radical (unpaired) electrons. The second-order valence-corrected chi connectivity index (χ2v) is 7.88. The molecule has 3 nitrogen and oxygen atoms in total. The number of carbonyl (C=O) groups is 1. The molecule has 0 fully saturated rings. The van der Waals surface area contributed by atoms with Crippen molar-refractivity contribution in [3.8, 4) is 0 Å². The van der Waals surface area contributed by atoms with Gasteiger partial charge in [-0.3, -0.25) is 9.59 Å². The van der Waals surface area contributed by atoms with Gasteiger partial charge in [-0.15, -0.1) is 11.3 Å². The summed E-state index contributed by atoms with van der Waals surface area (Å²) >= 11 is 1.30. The molecule has 0 aliphatic rings. The van der Waals surface area contributed by atoms with Crippen molar-refractivity contribution in [2.45, 2.75) is 20.8 Å². The largest absolute Gasteiger partial charge is 0.313 e. The first-order valence-corrected chi connectivity index (χ1v) is 8.60. The van der Waals surface area contributed by atoms with Crippen LogP contribution in [0.1, 0.15) is 26.3 Å². The number of benzene rings is 2. The van der Waals surface area contributed by atoms with Gasteiger partial charge in [0.15, 0.2) is 5.78 Å². The van der Waals surface area contributed by atoms with E-state index in [1.54, 1.807) is 0 Å². The molecule has 0 amide bonds. The lowest BCUT2D eigenvalue weighted by Crippen LogP contribution is -2.22. The second kappa shape index (κ2) is 6.21. The van der Waals surface area contributed by atoms with Crippen molar-refractivity contribution in [3.05, 3.63) is 67.6 Å². The molecule has 24 heavy (non-hydrogen) atoms. The highest BCUT2D eigenvalue weighted by molar-refractivity contribution is 7.07. The average molecular weight is 337 g/mol. The van der Waals surface area contributed by atoms with E-state index in [-0.39, 0.29) is 11.3 Å². The molecular formula is C20H19NO2S. The van der Waals surface area contributed by atoms with Crippen molar-refractivity contribution in [2.24, 2.45) is 5.41 Å². The van der Waals surface area contributed by atoms with Crippen LogP contribution in [0.5, 0.6) is 0 Å². The van der Waals surface area contributed by atoms with Gasteiger partial charge < -0.3 is 4.98 Å². The second-order valence-electron chi connectivity index (χ2n) is 6.79. The Labute approximate surface area is 144 Å². The van der Waals surface area contributed by atoms with Gasteiger partial charge in [-0.1, -0.05) is 57.2 Å². The van der Waals surface area contributed by atoms with E-state index in [1.807, 2.05) is 57.2 Å². The van der Waals surface area contributed by atoms with Gasteiger partial charge in [0.2, 0.25) is 0 Å². The fourth-order valence-corrected chi connectivity index (χ4v) is 3.19. The van der Waals surface area contributed by atoms with Crippen LogP contribution in [0.2, 0.25) is 0 Å². The normalized spacial score (nSPS) is 13.6. The Kier molecular flexibility index (Phi) is 4.24. The van der Waals surface area contributed by atoms with Gasteiger partial charge in [0.05, 0.1) is 9.20 Å². The summed E-state index contributed by atoms with van der Waals surface area (Å²) < 4.78 is 1.19. The van der Waals surface area contributed by atoms with E-state index in [2.05, 4.69) is 17.1 Å². The van der Waals surface area contributed by atoms with Crippen molar-refractivity contribution in [1.82, 2.24) is 4.98 Å². The number of aromatic nitrogens is 1. The number of hydrogen-bond donors (Lipinski definition) is 1. The highest BCUT2D eigenvalue weighted by Gasteiger charge is 2.18. The topological polar surface area (TPSA) is 49.9 Å². The zero-order valence-electron chi connectivity index (χ0n) is 13.9. The molecular weight excluding hydrogens is 318 g/mol. The Bertz CT molecular complexity index is 1080. The van der Waals surface area contributed by atoms with Gasteiger partial charge in [0.25, 0.3) is 5.56 Å². The molecule has 3 rings (SSSR count). The minimum Gasteiger partial charge on any atom is -0.313 e. The van der Waals surface area contributed by atoms with Crippen LogP contribution in [0, 0.1) is 5.41 Å². The van der Waals surface area contributed by atoms with Crippen LogP contribution in [0.25, 0.3) is 22.9 Å². The Morgan fingerprint density at radius 1 is 1.08 bits per heavy atom. The molecule has 0 unspecified atom stereocenters. The van der Waals surface area contributed by atoms with E-state index >= 15 is 0 Å². The number of aromatic amines is 1. The van der Waals surface area contributed by atoms with E-state index in [4.69, 9.17) is 0 Å². The summed E-state index contributed by atoms with van der Waals surface area (Å²) in [5, 5.41) is 2.30. The maximum atomic E-state index is 12.1. The monoisotopic (exact) mass is 337 g/mol. The first-order chi connectivity index (χ1) is 11.3. The predicted molar refractivity (Wildman–Crippen MR) is 101 cm³/mol. The molecule has 0 spiro atoms. The van der Waals surface area contributed by atoms with Crippen LogP contribution in [0.3, 0.4) is 0 Å². The fraction of sp³-hybridized carbons (Fsp3) is 0.200. The Balaban J connectivity index is 2.06. The number of thiazole rings is 1. The molecule has 3 aromatic rings. The van der Waals surface area contributed by atoms with Gasteiger partial charge >= 0.3 is 0 Å². The van der Waals surface area contributed by atoms with E-state index in [0.717, 1.165) is 10.9 Å². The minimum absolute atomic E-state index is 0.00254. The predicted octanol–water partition coefficient (Wildman–Crippen LogP) is 2.81. The summed E-state index contributed by atoms with van der Waals surface area (Å²) in [6.07, 6.45) is 3.37. The molecule has 1 N–H and O–H groups in total. The third kappa shape index (κ3) is 3.54. The molecule has 122 valence electrons. The van der Waals surface area contributed by atoms with Gasteiger partial charge in [0, 0.05) is 11.5 Å². The molecule has 1 heterocycles.